The second kappa shape index (κ2) is 5.19. The lowest BCUT2D eigenvalue weighted by atomic mass is 9.98. The van der Waals surface area contributed by atoms with Crippen molar-refractivity contribution in [3.05, 3.63) is 28.2 Å². The van der Waals surface area contributed by atoms with Crippen molar-refractivity contribution in [1.82, 2.24) is 5.32 Å². The minimum Gasteiger partial charge on any atom is -0.493 e. The van der Waals surface area contributed by atoms with Gasteiger partial charge in [0.05, 0.1) is 12.7 Å². The van der Waals surface area contributed by atoms with E-state index in [-0.39, 0.29) is 0 Å². The summed E-state index contributed by atoms with van der Waals surface area (Å²) in [4.78, 5) is 0. The Morgan fingerprint density at radius 3 is 2.94 bits per heavy atom. The zero-order valence-electron chi connectivity index (χ0n) is 10.5. The molecule has 18 heavy (non-hydrogen) atoms. The van der Waals surface area contributed by atoms with Crippen molar-refractivity contribution >= 4 is 15.9 Å². The summed E-state index contributed by atoms with van der Waals surface area (Å²) in [7, 11) is 0. The molecule has 1 N–H and O–H groups in total. The molecular formula is C14H18BrNO2. The molecule has 0 saturated carbocycles. The second-order valence-electron chi connectivity index (χ2n) is 5.01. The van der Waals surface area contributed by atoms with Gasteiger partial charge in [0.1, 0.15) is 5.75 Å². The maximum atomic E-state index is 5.71. The van der Waals surface area contributed by atoms with Gasteiger partial charge in [0.2, 0.25) is 0 Å². The zero-order valence-corrected chi connectivity index (χ0v) is 12.1. The highest BCUT2D eigenvalue weighted by Gasteiger charge is 2.29. The van der Waals surface area contributed by atoms with Gasteiger partial charge in [-0.1, -0.05) is 15.9 Å². The van der Waals surface area contributed by atoms with E-state index in [1.165, 1.54) is 5.56 Å². The van der Waals surface area contributed by atoms with E-state index in [0.29, 0.717) is 18.2 Å². The van der Waals surface area contributed by atoms with Gasteiger partial charge in [-0.05, 0) is 31.5 Å². The average molecular weight is 312 g/mol. The van der Waals surface area contributed by atoms with Crippen LogP contribution in [0.25, 0.3) is 0 Å². The largest absolute Gasteiger partial charge is 0.493 e. The highest BCUT2D eigenvalue weighted by molar-refractivity contribution is 9.10. The number of nitrogens with one attached hydrogen (secondary N) is 1. The fourth-order valence-corrected chi connectivity index (χ4v) is 3.13. The molecule has 1 saturated heterocycles. The molecule has 1 fully saturated rings. The van der Waals surface area contributed by atoms with Crippen LogP contribution in [-0.4, -0.2) is 25.4 Å². The SMILES string of the molecule is CC1OCCC1NC1CCOc2ccc(Br)cc21. The molecule has 0 spiro atoms. The van der Waals surface area contributed by atoms with Gasteiger partial charge in [0.25, 0.3) is 0 Å². The maximum Gasteiger partial charge on any atom is 0.124 e. The quantitative estimate of drug-likeness (QED) is 0.910. The third-order valence-corrected chi connectivity index (χ3v) is 4.30. The van der Waals surface area contributed by atoms with Crippen molar-refractivity contribution in [2.45, 2.75) is 38.0 Å². The van der Waals surface area contributed by atoms with Gasteiger partial charge in [0.15, 0.2) is 0 Å². The van der Waals surface area contributed by atoms with Crippen LogP contribution in [0.3, 0.4) is 0 Å². The van der Waals surface area contributed by atoms with Gasteiger partial charge in [0, 0.05) is 35.1 Å². The van der Waals surface area contributed by atoms with Crippen molar-refractivity contribution in [2.24, 2.45) is 0 Å². The first-order valence-electron chi connectivity index (χ1n) is 6.54. The summed E-state index contributed by atoms with van der Waals surface area (Å²) in [5.41, 5.74) is 1.26. The minimum absolute atomic E-state index is 0.309. The first-order chi connectivity index (χ1) is 8.74. The Bertz CT molecular complexity index is 438. The molecule has 3 rings (SSSR count). The van der Waals surface area contributed by atoms with Crippen molar-refractivity contribution in [3.8, 4) is 5.75 Å². The Labute approximate surface area is 116 Å². The molecular weight excluding hydrogens is 294 g/mol. The van der Waals surface area contributed by atoms with Gasteiger partial charge in [-0.25, -0.2) is 0 Å². The van der Waals surface area contributed by atoms with Crippen LogP contribution in [0.5, 0.6) is 5.75 Å². The van der Waals surface area contributed by atoms with Crippen LogP contribution in [0.15, 0.2) is 22.7 Å². The van der Waals surface area contributed by atoms with E-state index in [0.717, 1.165) is 36.3 Å². The van der Waals surface area contributed by atoms with Gasteiger partial charge in [-0.2, -0.15) is 0 Å². The summed E-state index contributed by atoms with van der Waals surface area (Å²) in [5.74, 6) is 1.01. The lowest BCUT2D eigenvalue weighted by molar-refractivity contribution is 0.108. The van der Waals surface area contributed by atoms with Gasteiger partial charge >= 0.3 is 0 Å². The first kappa shape index (κ1) is 12.5. The van der Waals surface area contributed by atoms with Crippen LogP contribution >= 0.6 is 15.9 Å². The zero-order chi connectivity index (χ0) is 12.5. The number of fused-ring (bicyclic) bond motifs is 1. The highest BCUT2D eigenvalue weighted by atomic mass is 79.9. The molecule has 3 unspecified atom stereocenters. The lowest BCUT2D eigenvalue weighted by Crippen LogP contribution is -2.39. The fraction of sp³-hybridized carbons (Fsp3) is 0.571. The molecule has 0 radical (unpaired) electrons. The summed E-state index contributed by atoms with van der Waals surface area (Å²) in [6.45, 7) is 3.80. The Morgan fingerprint density at radius 1 is 1.28 bits per heavy atom. The second-order valence-corrected chi connectivity index (χ2v) is 5.93. The van der Waals surface area contributed by atoms with E-state index in [2.05, 4.69) is 34.2 Å². The Morgan fingerprint density at radius 2 is 2.17 bits per heavy atom. The molecule has 2 aliphatic heterocycles. The van der Waals surface area contributed by atoms with Crippen LogP contribution in [0.2, 0.25) is 0 Å². The Kier molecular flexibility index (Phi) is 3.59. The van der Waals surface area contributed by atoms with E-state index in [1.807, 2.05) is 12.1 Å². The molecule has 2 aliphatic rings. The summed E-state index contributed by atoms with van der Waals surface area (Å²) < 4.78 is 12.4. The van der Waals surface area contributed by atoms with Crippen LogP contribution in [0.1, 0.15) is 31.4 Å². The molecule has 4 heteroatoms. The minimum atomic E-state index is 0.309. The monoisotopic (exact) mass is 311 g/mol. The molecule has 0 aliphatic carbocycles. The summed E-state index contributed by atoms with van der Waals surface area (Å²) >= 11 is 3.53. The molecule has 2 heterocycles. The summed E-state index contributed by atoms with van der Waals surface area (Å²) in [5, 5.41) is 3.73. The number of halogens is 1. The average Bonchev–Trinajstić information content (AvgIpc) is 2.76. The molecule has 0 aromatic heterocycles. The van der Waals surface area contributed by atoms with Crippen molar-refractivity contribution < 1.29 is 9.47 Å². The van der Waals surface area contributed by atoms with Crippen LogP contribution < -0.4 is 10.1 Å². The first-order valence-corrected chi connectivity index (χ1v) is 7.33. The Balaban J connectivity index is 1.80. The molecule has 1 aromatic rings. The predicted molar refractivity (Wildman–Crippen MR) is 73.9 cm³/mol. The van der Waals surface area contributed by atoms with Crippen molar-refractivity contribution in [2.75, 3.05) is 13.2 Å². The van der Waals surface area contributed by atoms with E-state index in [4.69, 9.17) is 9.47 Å². The van der Waals surface area contributed by atoms with E-state index in [9.17, 15) is 0 Å². The topological polar surface area (TPSA) is 30.5 Å². The van der Waals surface area contributed by atoms with E-state index in [1.54, 1.807) is 0 Å². The predicted octanol–water partition coefficient (Wildman–Crippen LogP) is 3.04. The van der Waals surface area contributed by atoms with Crippen LogP contribution in [0, 0.1) is 0 Å². The third-order valence-electron chi connectivity index (χ3n) is 3.80. The number of benzene rings is 1. The smallest absolute Gasteiger partial charge is 0.124 e. The molecule has 1 aromatic carbocycles. The fourth-order valence-electron chi connectivity index (χ4n) is 2.75. The standard InChI is InChI=1S/C14H18BrNO2/c1-9-12(4-6-17-9)16-13-5-7-18-14-3-2-10(15)8-11(13)14/h2-3,8-9,12-13,16H,4-7H2,1H3. The summed E-state index contributed by atoms with van der Waals surface area (Å²) in [6.07, 6.45) is 2.43. The van der Waals surface area contributed by atoms with Gasteiger partial charge in [-0.15, -0.1) is 0 Å². The van der Waals surface area contributed by atoms with Crippen molar-refractivity contribution in [3.63, 3.8) is 0 Å². The third kappa shape index (κ3) is 2.42. The van der Waals surface area contributed by atoms with E-state index < -0.39 is 0 Å². The molecule has 98 valence electrons. The highest BCUT2D eigenvalue weighted by Crippen LogP contribution is 2.35. The van der Waals surface area contributed by atoms with E-state index >= 15 is 0 Å². The van der Waals surface area contributed by atoms with Gasteiger partial charge in [-0.3, -0.25) is 0 Å². The summed E-state index contributed by atoms with van der Waals surface area (Å²) in [6, 6.07) is 7.07. The number of ether oxygens (including phenoxy) is 2. The normalized spacial score (nSPS) is 30.9. The maximum absolute atomic E-state index is 5.71. The molecule has 0 bridgehead atoms. The molecule has 3 atom stereocenters. The molecule has 0 amide bonds. The lowest BCUT2D eigenvalue weighted by Gasteiger charge is -2.30. The number of hydrogen-bond acceptors (Lipinski definition) is 3. The van der Waals surface area contributed by atoms with Crippen LogP contribution in [0.4, 0.5) is 0 Å². The van der Waals surface area contributed by atoms with Crippen molar-refractivity contribution in [1.29, 1.82) is 0 Å². The van der Waals surface area contributed by atoms with Gasteiger partial charge < -0.3 is 14.8 Å². The number of rotatable bonds is 2. The Hall–Kier alpha value is -0.580. The van der Waals surface area contributed by atoms with Crippen LogP contribution in [-0.2, 0) is 4.74 Å². The molecule has 3 nitrogen and oxygen atoms in total. The number of hydrogen-bond donors (Lipinski definition) is 1.